The van der Waals surface area contributed by atoms with E-state index >= 15 is 0 Å². The van der Waals surface area contributed by atoms with Gasteiger partial charge in [-0.1, -0.05) is 20.3 Å². The van der Waals surface area contributed by atoms with Crippen LogP contribution in [0.4, 0.5) is 0 Å². The highest BCUT2D eigenvalue weighted by molar-refractivity contribution is 6.10. The fourth-order valence-electron chi connectivity index (χ4n) is 2.40. The largest absolute Gasteiger partial charge is 0.507 e. The Hall–Kier alpha value is -2.30. The Morgan fingerprint density at radius 1 is 1.19 bits per heavy atom. The number of aryl methyl sites for hydroxylation is 1. The van der Waals surface area contributed by atoms with Gasteiger partial charge in [0, 0.05) is 18.6 Å². The molecule has 0 saturated heterocycles. The Morgan fingerprint density at radius 2 is 1.90 bits per heavy atom. The number of rotatable bonds is 5. The van der Waals surface area contributed by atoms with Crippen LogP contribution in [0.5, 0.6) is 11.5 Å². The zero-order valence-corrected chi connectivity index (χ0v) is 12.1. The molecule has 21 heavy (non-hydrogen) atoms. The van der Waals surface area contributed by atoms with Crippen LogP contribution in [0.25, 0.3) is 11.0 Å². The van der Waals surface area contributed by atoms with Crippen molar-refractivity contribution in [3.63, 3.8) is 0 Å². The molecule has 0 radical (unpaired) electrons. The lowest BCUT2D eigenvalue weighted by Gasteiger charge is -2.11. The summed E-state index contributed by atoms with van der Waals surface area (Å²) in [5, 5.41) is 20.3. The lowest BCUT2D eigenvalue weighted by molar-refractivity contribution is 0.0986. The molecule has 0 fully saturated rings. The molecule has 0 spiro atoms. The van der Waals surface area contributed by atoms with Crippen LogP contribution in [0.1, 0.15) is 49.0 Å². The van der Waals surface area contributed by atoms with Crippen LogP contribution in [-0.2, 0) is 6.42 Å². The molecule has 5 nitrogen and oxygen atoms in total. The normalized spacial score (nSPS) is 11.0. The summed E-state index contributed by atoms with van der Waals surface area (Å²) >= 11 is 0. The number of Topliss-reactive ketones (excluding diaryl/α,β-unsaturated/α-hetero) is 1. The Kier molecular flexibility index (Phi) is 4.31. The number of carbonyl (C=O) groups excluding carboxylic acids is 1. The summed E-state index contributed by atoms with van der Waals surface area (Å²) < 4.78 is 5.10. The lowest BCUT2D eigenvalue weighted by Crippen LogP contribution is -2.06. The number of ketones is 1. The lowest BCUT2D eigenvalue weighted by atomic mass is 9.98. The number of fused-ring (bicyclic) bond motifs is 1. The van der Waals surface area contributed by atoms with E-state index in [4.69, 9.17) is 4.42 Å². The third-order valence-corrected chi connectivity index (χ3v) is 3.46. The van der Waals surface area contributed by atoms with Gasteiger partial charge in [-0.05, 0) is 18.4 Å². The number of hydrogen-bond donors (Lipinski definition) is 2. The summed E-state index contributed by atoms with van der Waals surface area (Å²) in [6.45, 7) is 3.67. The second-order valence-electron chi connectivity index (χ2n) is 4.96. The molecule has 0 unspecified atom stereocenters. The highest BCUT2D eigenvalue weighted by Gasteiger charge is 2.21. The van der Waals surface area contributed by atoms with Crippen molar-refractivity contribution in [2.45, 2.75) is 39.5 Å². The van der Waals surface area contributed by atoms with Crippen molar-refractivity contribution < 1.29 is 19.4 Å². The second kappa shape index (κ2) is 5.99. The van der Waals surface area contributed by atoms with Crippen molar-refractivity contribution >= 4 is 16.8 Å². The molecule has 0 aliphatic heterocycles. The SMILES string of the molecule is CCCCc1cc(=O)oc2c(C(=O)CC)c(O)cc(O)c12. The molecular formula is C16H18O5. The summed E-state index contributed by atoms with van der Waals surface area (Å²) in [5.41, 5.74) is -0.0341. The van der Waals surface area contributed by atoms with Gasteiger partial charge in [-0.25, -0.2) is 4.79 Å². The number of phenolic OH excluding ortho intramolecular Hbond substituents is 2. The molecule has 2 aromatic rings. The van der Waals surface area contributed by atoms with E-state index in [1.165, 1.54) is 6.07 Å². The van der Waals surface area contributed by atoms with Crippen LogP contribution in [0.2, 0.25) is 0 Å². The summed E-state index contributed by atoms with van der Waals surface area (Å²) in [6.07, 6.45) is 2.53. The van der Waals surface area contributed by atoms with Gasteiger partial charge in [-0.15, -0.1) is 0 Å². The van der Waals surface area contributed by atoms with Gasteiger partial charge >= 0.3 is 5.63 Å². The van der Waals surface area contributed by atoms with E-state index in [0.29, 0.717) is 17.4 Å². The zero-order chi connectivity index (χ0) is 15.6. The van der Waals surface area contributed by atoms with Gasteiger partial charge in [-0.3, -0.25) is 4.79 Å². The number of carbonyl (C=O) groups is 1. The highest BCUT2D eigenvalue weighted by atomic mass is 16.4. The number of benzene rings is 1. The average Bonchev–Trinajstić information content (AvgIpc) is 2.43. The smallest absolute Gasteiger partial charge is 0.336 e. The van der Waals surface area contributed by atoms with Crippen LogP contribution in [0.3, 0.4) is 0 Å². The van der Waals surface area contributed by atoms with Crippen molar-refractivity contribution in [3.05, 3.63) is 33.7 Å². The minimum Gasteiger partial charge on any atom is -0.507 e. The molecule has 0 aliphatic rings. The van der Waals surface area contributed by atoms with E-state index in [2.05, 4.69) is 0 Å². The minimum atomic E-state index is -0.594. The van der Waals surface area contributed by atoms with Crippen LogP contribution < -0.4 is 5.63 Å². The van der Waals surface area contributed by atoms with E-state index in [1.54, 1.807) is 6.92 Å². The first-order valence-corrected chi connectivity index (χ1v) is 7.04. The molecule has 0 aliphatic carbocycles. The predicted octanol–water partition coefficient (Wildman–Crippen LogP) is 3.14. The molecule has 1 heterocycles. The predicted molar refractivity (Wildman–Crippen MR) is 79.0 cm³/mol. The van der Waals surface area contributed by atoms with Gasteiger partial charge in [0.15, 0.2) is 11.4 Å². The van der Waals surface area contributed by atoms with Gasteiger partial charge in [0.2, 0.25) is 0 Å². The zero-order valence-electron chi connectivity index (χ0n) is 12.1. The van der Waals surface area contributed by atoms with E-state index < -0.39 is 5.63 Å². The Morgan fingerprint density at radius 3 is 2.52 bits per heavy atom. The molecule has 1 aromatic carbocycles. The number of hydrogen-bond acceptors (Lipinski definition) is 5. The van der Waals surface area contributed by atoms with Gasteiger partial charge in [0.1, 0.15) is 17.1 Å². The maximum atomic E-state index is 12.0. The Bertz CT molecular complexity index is 742. The van der Waals surface area contributed by atoms with E-state index in [-0.39, 0.29) is 34.8 Å². The third kappa shape index (κ3) is 2.77. The van der Waals surface area contributed by atoms with Gasteiger partial charge in [0.25, 0.3) is 0 Å². The average molecular weight is 290 g/mol. The molecule has 0 amide bonds. The molecule has 0 saturated carbocycles. The first-order valence-electron chi connectivity index (χ1n) is 7.04. The van der Waals surface area contributed by atoms with Gasteiger partial charge < -0.3 is 14.6 Å². The number of aromatic hydroxyl groups is 2. The van der Waals surface area contributed by atoms with Crippen molar-refractivity contribution in [3.8, 4) is 11.5 Å². The summed E-state index contributed by atoms with van der Waals surface area (Å²) in [7, 11) is 0. The third-order valence-electron chi connectivity index (χ3n) is 3.46. The maximum Gasteiger partial charge on any atom is 0.336 e. The molecule has 1 aromatic heterocycles. The summed E-state index contributed by atoms with van der Waals surface area (Å²) in [4.78, 5) is 23.7. The standard InChI is InChI=1S/C16H18O5/c1-3-5-6-9-7-13(20)21-16-14(9)11(18)8-12(19)15(16)10(17)4-2/h7-8,18-19H,3-6H2,1-2H3. The molecular weight excluding hydrogens is 272 g/mol. The maximum absolute atomic E-state index is 12.0. The van der Waals surface area contributed by atoms with Gasteiger partial charge in [0.05, 0.1) is 5.39 Å². The summed E-state index contributed by atoms with van der Waals surface area (Å²) in [5.74, 6) is -0.902. The summed E-state index contributed by atoms with van der Waals surface area (Å²) in [6, 6.07) is 2.45. The van der Waals surface area contributed by atoms with Crippen LogP contribution in [0.15, 0.2) is 21.3 Å². The first kappa shape index (κ1) is 15.1. The minimum absolute atomic E-state index is 0.0297. The molecule has 0 bridgehead atoms. The van der Waals surface area contributed by atoms with Crippen LogP contribution in [-0.4, -0.2) is 16.0 Å². The molecule has 0 atom stereocenters. The van der Waals surface area contributed by atoms with E-state index in [0.717, 1.165) is 18.9 Å². The Labute approximate surface area is 121 Å². The van der Waals surface area contributed by atoms with Crippen molar-refractivity contribution in [1.82, 2.24) is 0 Å². The number of phenols is 2. The second-order valence-corrected chi connectivity index (χ2v) is 4.96. The Balaban J connectivity index is 2.85. The van der Waals surface area contributed by atoms with Crippen molar-refractivity contribution in [1.29, 1.82) is 0 Å². The van der Waals surface area contributed by atoms with Crippen molar-refractivity contribution in [2.75, 3.05) is 0 Å². The van der Waals surface area contributed by atoms with Crippen LogP contribution >= 0.6 is 0 Å². The topological polar surface area (TPSA) is 87.7 Å². The number of unbranched alkanes of at least 4 members (excludes halogenated alkanes) is 1. The van der Waals surface area contributed by atoms with Crippen LogP contribution in [0, 0.1) is 0 Å². The van der Waals surface area contributed by atoms with E-state index in [1.807, 2.05) is 6.92 Å². The highest BCUT2D eigenvalue weighted by Crippen LogP contribution is 2.36. The molecule has 5 heteroatoms. The van der Waals surface area contributed by atoms with Crippen molar-refractivity contribution in [2.24, 2.45) is 0 Å². The van der Waals surface area contributed by atoms with Gasteiger partial charge in [-0.2, -0.15) is 0 Å². The fourth-order valence-corrected chi connectivity index (χ4v) is 2.40. The monoisotopic (exact) mass is 290 g/mol. The van der Waals surface area contributed by atoms with E-state index in [9.17, 15) is 19.8 Å². The quantitative estimate of drug-likeness (QED) is 0.652. The fraction of sp³-hybridized carbons (Fsp3) is 0.375. The first-order chi connectivity index (χ1) is 9.99. The molecule has 2 rings (SSSR count). The molecule has 2 N–H and O–H groups in total. The molecule has 112 valence electrons.